The van der Waals surface area contributed by atoms with Crippen molar-refractivity contribution in [2.75, 3.05) is 40.1 Å². The number of nitrogens with zero attached hydrogens (tertiary/aromatic N) is 1. The Morgan fingerprint density at radius 2 is 1.61 bits per heavy atom. The Morgan fingerprint density at radius 1 is 0.957 bits per heavy atom. The number of methoxy groups -OCH3 is 1. The van der Waals surface area contributed by atoms with E-state index >= 15 is 0 Å². The molecule has 0 spiro atoms. The van der Waals surface area contributed by atoms with Crippen LogP contribution in [0, 0.1) is 34.5 Å². The molecule has 3 rings (SSSR count). The predicted molar refractivity (Wildman–Crippen MR) is 74.7 cm³/mol. The molecule has 0 aliphatic heterocycles. The summed E-state index contributed by atoms with van der Waals surface area (Å²) in [6, 6.07) is 2.24. The second-order valence-electron chi connectivity index (χ2n) is 7.25. The summed E-state index contributed by atoms with van der Waals surface area (Å²) in [7, 11) is 1.47. The molecule has 3 aliphatic carbocycles. The van der Waals surface area contributed by atoms with Crippen LogP contribution >= 0.6 is 0 Å². The van der Waals surface area contributed by atoms with Gasteiger partial charge in [0.25, 0.3) is 5.92 Å². The topological polar surface area (TPSA) is 51.5 Å². The van der Waals surface area contributed by atoms with Gasteiger partial charge in [0, 0.05) is 25.4 Å². The molecule has 0 amide bonds. The van der Waals surface area contributed by atoms with Crippen LogP contribution in [0.4, 0.5) is 13.2 Å². The monoisotopic (exact) mass is 333 g/mol. The smallest absolute Gasteiger partial charge is 0.253 e. The van der Waals surface area contributed by atoms with Gasteiger partial charge in [-0.25, -0.2) is 13.2 Å². The average molecular weight is 333 g/mol. The highest BCUT2D eigenvalue weighted by atomic mass is 19.3. The summed E-state index contributed by atoms with van der Waals surface area (Å²) in [5, 5.41) is 9.30. The van der Waals surface area contributed by atoms with Gasteiger partial charge in [-0.3, -0.25) is 0 Å². The van der Waals surface area contributed by atoms with Gasteiger partial charge in [-0.1, -0.05) is 0 Å². The first-order valence-corrected chi connectivity index (χ1v) is 7.98. The third-order valence-corrected chi connectivity index (χ3v) is 5.27. The zero-order valence-corrected chi connectivity index (χ0v) is 13.2. The fourth-order valence-corrected chi connectivity index (χ4v) is 3.11. The maximum absolute atomic E-state index is 13.9. The number of rotatable bonds is 10. The molecule has 5 atom stereocenters. The molecular formula is C16H22F3NO3. The molecule has 0 aromatic heterocycles. The molecule has 5 unspecified atom stereocenters. The van der Waals surface area contributed by atoms with Gasteiger partial charge in [-0.15, -0.1) is 0 Å². The summed E-state index contributed by atoms with van der Waals surface area (Å²) >= 11 is 0. The highest BCUT2D eigenvalue weighted by molar-refractivity contribution is 5.16. The fraction of sp³-hybridized carbons (Fsp3) is 0.938. The van der Waals surface area contributed by atoms with Gasteiger partial charge in [-0.2, -0.15) is 5.26 Å². The minimum absolute atomic E-state index is 0.0215. The van der Waals surface area contributed by atoms with Crippen molar-refractivity contribution in [3.63, 3.8) is 0 Å². The Balaban J connectivity index is 1.31. The minimum atomic E-state index is -2.57. The second kappa shape index (κ2) is 5.91. The molecule has 0 N–H and O–H groups in total. The van der Waals surface area contributed by atoms with Crippen LogP contribution in [0.5, 0.6) is 0 Å². The van der Waals surface area contributed by atoms with E-state index in [9.17, 15) is 18.4 Å². The van der Waals surface area contributed by atoms with Crippen molar-refractivity contribution in [3.05, 3.63) is 0 Å². The summed E-state index contributed by atoms with van der Waals surface area (Å²) in [6.45, 7) is 0.966. The van der Waals surface area contributed by atoms with Gasteiger partial charge < -0.3 is 14.2 Å². The Hall–Kier alpha value is -0.840. The summed E-state index contributed by atoms with van der Waals surface area (Å²) < 4.78 is 55.0. The normalized spacial score (nSPS) is 43.0. The SMILES string of the molecule is COCC1(F)CC1COCC1(C#N)CC1COCC1CC1(F)F. The highest BCUT2D eigenvalue weighted by Crippen LogP contribution is 2.54. The van der Waals surface area contributed by atoms with Crippen LogP contribution in [-0.4, -0.2) is 51.7 Å². The standard InChI is InChI=1S/C16H22F3NO3/c1-21-10-15(17)3-12(15)6-23-9-14(8-20)2-11(14)5-22-7-13-4-16(13,18)19/h11-13H,2-7,9-10H2,1H3. The quantitative estimate of drug-likeness (QED) is 0.617. The maximum atomic E-state index is 13.9. The van der Waals surface area contributed by atoms with E-state index in [0.29, 0.717) is 19.4 Å². The van der Waals surface area contributed by atoms with E-state index in [-0.39, 0.29) is 44.7 Å². The highest BCUT2D eigenvalue weighted by Gasteiger charge is 2.59. The third kappa shape index (κ3) is 3.65. The molecule has 3 aliphatic rings. The Bertz CT molecular complexity index is 497. The summed E-state index contributed by atoms with van der Waals surface area (Å²) in [4.78, 5) is 0. The molecule has 0 aromatic carbocycles. The number of halogens is 3. The lowest BCUT2D eigenvalue weighted by Gasteiger charge is -2.11. The van der Waals surface area contributed by atoms with E-state index in [1.165, 1.54) is 7.11 Å². The molecule has 130 valence electrons. The molecule has 4 nitrogen and oxygen atoms in total. The summed E-state index contributed by atoms with van der Waals surface area (Å²) in [5.74, 6) is -3.37. The minimum Gasteiger partial charge on any atom is -0.381 e. The third-order valence-electron chi connectivity index (χ3n) is 5.27. The Kier molecular flexibility index (Phi) is 4.36. The molecule has 0 heterocycles. The molecule has 23 heavy (non-hydrogen) atoms. The maximum Gasteiger partial charge on any atom is 0.253 e. The van der Waals surface area contributed by atoms with Gasteiger partial charge in [0.05, 0.1) is 50.4 Å². The second-order valence-corrected chi connectivity index (χ2v) is 7.25. The molecular weight excluding hydrogens is 311 g/mol. The van der Waals surface area contributed by atoms with Gasteiger partial charge >= 0.3 is 0 Å². The van der Waals surface area contributed by atoms with Crippen molar-refractivity contribution in [1.29, 1.82) is 5.26 Å². The molecule has 0 radical (unpaired) electrons. The first-order chi connectivity index (χ1) is 10.9. The lowest BCUT2D eigenvalue weighted by molar-refractivity contribution is 0.0385. The lowest BCUT2D eigenvalue weighted by atomic mass is 10.1. The fourth-order valence-electron chi connectivity index (χ4n) is 3.11. The van der Waals surface area contributed by atoms with Crippen molar-refractivity contribution in [3.8, 4) is 6.07 Å². The van der Waals surface area contributed by atoms with Crippen molar-refractivity contribution in [2.24, 2.45) is 23.2 Å². The van der Waals surface area contributed by atoms with Crippen molar-refractivity contribution >= 4 is 0 Å². The Morgan fingerprint density at radius 3 is 2.22 bits per heavy atom. The number of nitriles is 1. The molecule has 0 aromatic rings. The van der Waals surface area contributed by atoms with Crippen molar-refractivity contribution in [2.45, 2.75) is 30.9 Å². The number of ether oxygens (including phenoxy) is 3. The van der Waals surface area contributed by atoms with E-state index in [2.05, 4.69) is 6.07 Å². The molecule has 0 bridgehead atoms. The van der Waals surface area contributed by atoms with Gasteiger partial charge in [-0.05, 0) is 12.8 Å². The van der Waals surface area contributed by atoms with Gasteiger partial charge in [0.15, 0.2) is 0 Å². The van der Waals surface area contributed by atoms with Gasteiger partial charge in [0.2, 0.25) is 0 Å². The predicted octanol–water partition coefficient (Wildman–Crippen LogP) is 2.58. The lowest BCUT2D eigenvalue weighted by Crippen LogP contribution is -2.19. The van der Waals surface area contributed by atoms with Gasteiger partial charge in [0.1, 0.15) is 5.67 Å². The average Bonchev–Trinajstić information content (AvgIpc) is 3.41. The Labute approximate surface area is 133 Å². The zero-order chi connectivity index (χ0) is 16.7. The zero-order valence-electron chi connectivity index (χ0n) is 13.2. The first kappa shape index (κ1) is 17.0. The largest absolute Gasteiger partial charge is 0.381 e. The van der Waals surface area contributed by atoms with E-state index in [1.54, 1.807) is 0 Å². The summed E-state index contributed by atoms with van der Waals surface area (Å²) in [5.41, 5.74) is -1.88. The van der Waals surface area contributed by atoms with Crippen LogP contribution in [0.1, 0.15) is 19.3 Å². The molecule has 3 fully saturated rings. The first-order valence-electron chi connectivity index (χ1n) is 7.98. The van der Waals surface area contributed by atoms with Crippen LogP contribution in [0.25, 0.3) is 0 Å². The summed E-state index contributed by atoms with van der Waals surface area (Å²) in [6.07, 6.45) is 0.981. The number of hydrogen-bond donors (Lipinski definition) is 0. The van der Waals surface area contributed by atoms with E-state index in [1.807, 2.05) is 0 Å². The van der Waals surface area contributed by atoms with Crippen LogP contribution in [0.3, 0.4) is 0 Å². The number of hydrogen-bond acceptors (Lipinski definition) is 4. The number of alkyl halides is 3. The van der Waals surface area contributed by atoms with Crippen LogP contribution in [0.15, 0.2) is 0 Å². The molecule has 7 heteroatoms. The van der Waals surface area contributed by atoms with E-state index < -0.39 is 22.9 Å². The van der Waals surface area contributed by atoms with Crippen LogP contribution in [0.2, 0.25) is 0 Å². The van der Waals surface area contributed by atoms with Crippen LogP contribution < -0.4 is 0 Å². The van der Waals surface area contributed by atoms with Crippen molar-refractivity contribution in [1.82, 2.24) is 0 Å². The molecule has 3 saturated carbocycles. The van der Waals surface area contributed by atoms with E-state index in [4.69, 9.17) is 14.2 Å². The van der Waals surface area contributed by atoms with Crippen LogP contribution in [-0.2, 0) is 14.2 Å². The van der Waals surface area contributed by atoms with E-state index in [0.717, 1.165) is 0 Å². The molecule has 0 saturated heterocycles. The van der Waals surface area contributed by atoms with Crippen molar-refractivity contribution < 1.29 is 27.4 Å².